The number of hydrogen-bond donors (Lipinski definition) is 2. The fourth-order valence-electron chi connectivity index (χ4n) is 3.11. The van der Waals surface area contributed by atoms with Gasteiger partial charge in [0.05, 0.1) is 0 Å². The summed E-state index contributed by atoms with van der Waals surface area (Å²) in [5, 5.41) is 7.82. The highest BCUT2D eigenvalue weighted by Gasteiger charge is 2.28. The molecular weight excluding hydrogens is 254 g/mol. The Labute approximate surface area is 123 Å². The largest absolute Gasteiger partial charge is 0.362 e. The second-order valence-electron chi connectivity index (χ2n) is 6.78. The maximum absolute atomic E-state index is 5.44. The van der Waals surface area contributed by atoms with Gasteiger partial charge in [-0.3, -0.25) is 0 Å². The minimum absolute atomic E-state index is 0.408. The van der Waals surface area contributed by atoms with Gasteiger partial charge in [0.15, 0.2) is 5.11 Å². The molecule has 0 aromatic rings. The number of nitrogens with zero attached hydrogens (tertiary/aromatic N) is 1. The molecule has 0 amide bonds. The summed E-state index contributed by atoms with van der Waals surface area (Å²) in [7, 11) is 2.21. The van der Waals surface area contributed by atoms with Crippen molar-refractivity contribution < 1.29 is 0 Å². The zero-order chi connectivity index (χ0) is 13.7. The molecule has 0 aromatic heterocycles. The molecule has 0 radical (unpaired) electrons. The van der Waals surface area contributed by atoms with E-state index >= 15 is 0 Å². The third-order valence-electron chi connectivity index (χ3n) is 4.81. The van der Waals surface area contributed by atoms with Crippen LogP contribution in [-0.4, -0.2) is 42.7 Å². The number of likely N-dealkylation sites (tertiary alicyclic amines) is 1. The molecule has 19 heavy (non-hydrogen) atoms. The third-order valence-corrected chi connectivity index (χ3v) is 5.07. The SMILES string of the molecule is CN1CCC(C)(CNC(=S)NC2CCCCC2)CC1. The van der Waals surface area contributed by atoms with Crippen molar-refractivity contribution in [2.75, 3.05) is 26.7 Å². The zero-order valence-corrected chi connectivity index (χ0v) is 13.3. The van der Waals surface area contributed by atoms with E-state index in [1.807, 2.05) is 0 Å². The van der Waals surface area contributed by atoms with E-state index in [0.29, 0.717) is 11.5 Å². The fourth-order valence-corrected chi connectivity index (χ4v) is 3.35. The molecule has 2 fully saturated rings. The first-order valence-electron chi connectivity index (χ1n) is 7.80. The molecule has 1 aliphatic heterocycles. The lowest BCUT2D eigenvalue weighted by Crippen LogP contribution is -2.48. The summed E-state index contributed by atoms with van der Waals surface area (Å²) in [5.41, 5.74) is 0.408. The van der Waals surface area contributed by atoms with Gasteiger partial charge in [-0.15, -0.1) is 0 Å². The Hall–Kier alpha value is -0.350. The fraction of sp³-hybridized carbons (Fsp3) is 0.933. The lowest BCUT2D eigenvalue weighted by atomic mass is 9.80. The number of thiocarbonyl (C=S) groups is 1. The van der Waals surface area contributed by atoms with Gasteiger partial charge in [-0.25, -0.2) is 0 Å². The third kappa shape index (κ3) is 4.92. The van der Waals surface area contributed by atoms with Gasteiger partial charge in [0.25, 0.3) is 0 Å². The molecular formula is C15H29N3S. The normalized spacial score (nSPS) is 24.9. The molecule has 110 valence electrons. The van der Waals surface area contributed by atoms with Crippen LogP contribution in [0.2, 0.25) is 0 Å². The molecule has 0 aromatic carbocycles. The van der Waals surface area contributed by atoms with Gasteiger partial charge in [0, 0.05) is 12.6 Å². The Morgan fingerprint density at radius 2 is 1.84 bits per heavy atom. The minimum Gasteiger partial charge on any atom is -0.362 e. The van der Waals surface area contributed by atoms with Crippen LogP contribution in [0.1, 0.15) is 51.9 Å². The highest BCUT2D eigenvalue weighted by molar-refractivity contribution is 7.80. The Bertz CT molecular complexity index is 292. The predicted octanol–water partition coefficient (Wildman–Crippen LogP) is 2.52. The predicted molar refractivity (Wildman–Crippen MR) is 85.4 cm³/mol. The molecule has 0 atom stereocenters. The molecule has 4 heteroatoms. The van der Waals surface area contributed by atoms with E-state index in [1.165, 1.54) is 58.0 Å². The monoisotopic (exact) mass is 283 g/mol. The van der Waals surface area contributed by atoms with Crippen molar-refractivity contribution in [1.82, 2.24) is 15.5 Å². The molecule has 3 nitrogen and oxygen atoms in total. The second-order valence-corrected chi connectivity index (χ2v) is 7.18. The number of hydrogen-bond acceptors (Lipinski definition) is 2. The molecule has 1 saturated heterocycles. The van der Waals surface area contributed by atoms with Crippen molar-refractivity contribution in [3.05, 3.63) is 0 Å². The Balaban J connectivity index is 1.67. The van der Waals surface area contributed by atoms with Gasteiger partial charge in [0.2, 0.25) is 0 Å². The molecule has 0 unspecified atom stereocenters. The van der Waals surface area contributed by atoms with Crippen LogP contribution in [-0.2, 0) is 0 Å². The minimum atomic E-state index is 0.408. The van der Waals surface area contributed by atoms with E-state index in [4.69, 9.17) is 12.2 Å². The van der Waals surface area contributed by atoms with E-state index < -0.39 is 0 Å². The first-order valence-corrected chi connectivity index (χ1v) is 8.21. The van der Waals surface area contributed by atoms with Crippen LogP contribution >= 0.6 is 12.2 Å². The number of piperidine rings is 1. The molecule has 2 aliphatic rings. The van der Waals surface area contributed by atoms with Crippen molar-refractivity contribution in [2.45, 2.75) is 57.9 Å². The lowest BCUT2D eigenvalue weighted by molar-refractivity contribution is 0.142. The van der Waals surface area contributed by atoms with Gasteiger partial charge >= 0.3 is 0 Å². The van der Waals surface area contributed by atoms with Crippen LogP contribution in [0, 0.1) is 5.41 Å². The molecule has 2 rings (SSSR count). The molecule has 0 bridgehead atoms. The topological polar surface area (TPSA) is 27.3 Å². The number of rotatable bonds is 3. The number of nitrogens with one attached hydrogen (secondary N) is 2. The maximum atomic E-state index is 5.44. The van der Waals surface area contributed by atoms with Crippen molar-refractivity contribution >= 4 is 17.3 Å². The average Bonchev–Trinajstić information content (AvgIpc) is 2.42. The quantitative estimate of drug-likeness (QED) is 0.778. The van der Waals surface area contributed by atoms with Crippen LogP contribution in [0.5, 0.6) is 0 Å². The average molecular weight is 283 g/mol. The summed E-state index contributed by atoms with van der Waals surface area (Å²) in [5.74, 6) is 0. The van der Waals surface area contributed by atoms with Gasteiger partial charge in [-0.2, -0.15) is 0 Å². The lowest BCUT2D eigenvalue weighted by Gasteiger charge is -2.38. The van der Waals surface area contributed by atoms with E-state index in [2.05, 4.69) is 29.5 Å². The highest BCUT2D eigenvalue weighted by Crippen LogP contribution is 2.29. The van der Waals surface area contributed by atoms with Crippen LogP contribution in [0.4, 0.5) is 0 Å². The summed E-state index contributed by atoms with van der Waals surface area (Å²) in [4.78, 5) is 2.42. The van der Waals surface area contributed by atoms with Crippen molar-refractivity contribution in [1.29, 1.82) is 0 Å². The summed E-state index contributed by atoms with van der Waals surface area (Å²) < 4.78 is 0. The Kier molecular flexibility index (Phi) is 5.46. The Morgan fingerprint density at radius 1 is 1.21 bits per heavy atom. The van der Waals surface area contributed by atoms with Gasteiger partial charge in [-0.05, 0) is 63.5 Å². The smallest absolute Gasteiger partial charge is 0.166 e. The summed E-state index contributed by atoms with van der Waals surface area (Å²) in [6.45, 7) is 5.82. The first kappa shape index (κ1) is 15.0. The van der Waals surface area contributed by atoms with Crippen LogP contribution in [0.25, 0.3) is 0 Å². The highest BCUT2D eigenvalue weighted by atomic mass is 32.1. The van der Waals surface area contributed by atoms with E-state index in [9.17, 15) is 0 Å². The molecule has 2 N–H and O–H groups in total. The standard InChI is InChI=1S/C15H29N3S/c1-15(8-10-18(2)11-9-15)12-16-14(19)17-13-6-4-3-5-7-13/h13H,3-12H2,1-2H3,(H2,16,17,19). The van der Waals surface area contributed by atoms with Gasteiger partial charge in [-0.1, -0.05) is 26.2 Å². The van der Waals surface area contributed by atoms with Crippen molar-refractivity contribution in [3.63, 3.8) is 0 Å². The maximum Gasteiger partial charge on any atom is 0.166 e. The van der Waals surface area contributed by atoms with E-state index in [0.717, 1.165) is 11.7 Å². The zero-order valence-electron chi connectivity index (χ0n) is 12.5. The molecule has 1 heterocycles. The Morgan fingerprint density at radius 3 is 2.47 bits per heavy atom. The first-order chi connectivity index (χ1) is 9.07. The van der Waals surface area contributed by atoms with Gasteiger partial charge < -0.3 is 15.5 Å². The van der Waals surface area contributed by atoms with E-state index in [1.54, 1.807) is 0 Å². The molecule has 1 aliphatic carbocycles. The summed E-state index contributed by atoms with van der Waals surface area (Å²) >= 11 is 5.44. The summed E-state index contributed by atoms with van der Waals surface area (Å²) in [6.07, 6.45) is 9.19. The van der Waals surface area contributed by atoms with Crippen LogP contribution in [0.15, 0.2) is 0 Å². The van der Waals surface area contributed by atoms with Gasteiger partial charge in [0.1, 0.15) is 0 Å². The molecule has 1 saturated carbocycles. The van der Waals surface area contributed by atoms with E-state index in [-0.39, 0.29) is 0 Å². The summed E-state index contributed by atoms with van der Waals surface area (Å²) in [6, 6.07) is 0.610. The second kappa shape index (κ2) is 6.89. The van der Waals surface area contributed by atoms with Crippen molar-refractivity contribution in [2.24, 2.45) is 5.41 Å². The van der Waals surface area contributed by atoms with Crippen molar-refractivity contribution in [3.8, 4) is 0 Å². The van der Waals surface area contributed by atoms with Crippen LogP contribution < -0.4 is 10.6 Å². The molecule has 0 spiro atoms. The van der Waals surface area contributed by atoms with Crippen LogP contribution in [0.3, 0.4) is 0 Å².